The summed E-state index contributed by atoms with van der Waals surface area (Å²) in [5.74, 6) is 0.0494. The molecule has 2 aliphatic heterocycles. The van der Waals surface area contributed by atoms with Gasteiger partial charge in [-0.25, -0.2) is 4.98 Å². The first-order valence-corrected chi connectivity index (χ1v) is 8.14. The molecule has 23 heavy (non-hydrogen) atoms. The number of aryl methyl sites for hydroxylation is 1. The van der Waals surface area contributed by atoms with Crippen LogP contribution in [0.4, 0.5) is 0 Å². The van der Waals surface area contributed by atoms with Crippen molar-refractivity contribution in [2.45, 2.75) is 25.1 Å². The molecule has 4 heterocycles. The molecule has 6 heteroatoms. The molecule has 0 amide bonds. The van der Waals surface area contributed by atoms with Crippen LogP contribution in [0.5, 0.6) is 0 Å². The highest BCUT2D eigenvalue weighted by atomic mass is 35.5. The second-order valence-corrected chi connectivity index (χ2v) is 6.62. The Bertz CT molecular complexity index is 900. The number of imidazole rings is 1. The van der Waals surface area contributed by atoms with Crippen LogP contribution in [0.1, 0.15) is 29.8 Å². The van der Waals surface area contributed by atoms with E-state index >= 15 is 0 Å². The van der Waals surface area contributed by atoms with Crippen molar-refractivity contribution in [3.8, 4) is 11.3 Å². The van der Waals surface area contributed by atoms with Crippen LogP contribution in [-0.4, -0.2) is 24.4 Å². The van der Waals surface area contributed by atoms with Crippen molar-refractivity contribution in [3.63, 3.8) is 0 Å². The maximum absolute atomic E-state index is 11.0. The van der Waals surface area contributed by atoms with Crippen molar-refractivity contribution in [2.24, 2.45) is 5.92 Å². The van der Waals surface area contributed by atoms with E-state index in [4.69, 9.17) is 11.6 Å². The molecular weight excluding hydrogens is 312 g/mol. The van der Waals surface area contributed by atoms with Crippen molar-refractivity contribution in [2.75, 3.05) is 0 Å². The minimum absolute atomic E-state index is 0.0494. The van der Waals surface area contributed by atoms with E-state index in [1.165, 1.54) is 11.1 Å². The third kappa shape index (κ3) is 1.72. The molecule has 2 aliphatic rings. The number of aromatic nitrogens is 4. The maximum Gasteiger partial charge on any atom is 0.102 e. The molecule has 0 unspecified atom stereocenters. The fraction of sp³-hybridized carbons (Fsp3) is 0.294. The molecule has 0 saturated heterocycles. The van der Waals surface area contributed by atoms with E-state index in [9.17, 15) is 5.11 Å². The Kier molecular flexibility index (Phi) is 2.72. The third-order valence-electron chi connectivity index (χ3n) is 5.12. The second kappa shape index (κ2) is 4.69. The number of rotatable bonds is 1. The highest BCUT2D eigenvalue weighted by Gasteiger charge is 2.41. The molecule has 0 radical (unpaired) electrons. The fourth-order valence-corrected chi connectivity index (χ4v) is 4.37. The van der Waals surface area contributed by atoms with E-state index in [-0.39, 0.29) is 12.0 Å². The number of hydrogen-bond acceptors (Lipinski definition) is 3. The number of nitrogens with zero attached hydrogens (tertiary/aromatic N) is 4. The van der Waals surface area contributed by atoms with Crippen molar-refractivity contribution >= 4 is 11.6 Å². The van der Waals surface area contributed by atoms with E-state index < -0.39 is 6.10 Å². The number of fused-ring (bicyclic) bond motifs is 4. The number of benzene rings is 1. The lowest BCUT2D eigenvalue weighted by Gasteiger charge is -2.34. The predicted octanol–water partition coefficient (Wildman–Crippen LogP) is 3.06. The Morgan fingerprint density at radius 2 is 2.09 bits per heavy atom. The van der Waals surface area contributed by atoms with Crippen LogP contribution in [-0.2, 0) is 6.54 Å². The van der Waals surface area contributed by atoms with Gasteiger partial charge in [0.25, 0.3) is 0 Å². The van der Waals surface area contributed by atoms with Crippen LogP contribution in [0.25, 0.3) is 11.3 Å². The number of aliphatic hydroxyl groups excluding tert-OH is 1. The summed E-state index contributed by atoms with van der Waals surface area (Å²) in [4.78, 5) is 4.30. The summed E-state index contributed by atoms with van der Waals surface area (Å²) in [6, 6.07) is 8.45. The number of halogens is 1. The van der Waals surface area contributed by atoms with Gasteiger partial charge in [-0.2, -0.15) is 5.10 Å². The van der Waals surface area contributed by atoms with Crippen molar-refractivity contribution in [3.05, 3.63) is 59.3 Å². The lowest BCUT2D eigenvalue weighted by Crippen LogP contribution is -2.31. The molecule has 5 rings (SSSR count). The number of aliphatic hydroxyl groups is 1. The Morgan fingerprint density at radius 1 is 1.22 bits per heavy atom. The van der Waals surface area contributed by atoms with Gasteiger partial charge in [-0.3, -0.25) is 4.68 Å². The highest BCUT2D eigenvalue weighted by molar-refractivity contribution is 6.31. The summed E-state index contributed by atoms with van der Waals surface area (Å²) >= 11 is 6.24. The third-order valence-corrected chi connectivity index (χ3v) is 5.41. The molecule has 116 valence electrons. The molecule has 3 aromatic rings. The molecule has 3 atom stereocenters. The fourth-order valence-electron chi connectivity index (χ4n) is 4.12. The zero-order valence-corrected chi connectivity index (χ0v) is 13.1. The SMILES string of the molecule is O[C@@H]1c2c(Cl)cnn2CC[C@@H]1[C@H]1c2ccccc2-c2cncn21. The summed E-state index contributed by atoms with van der Waals surface area (Å²) in [7, 11) is 0. The minimum Gasteiger partial charge on any atom is -0.386 e. The topological polar surface area (TPSA) is 55.9 Å². The lowest BCUT2D eigenvalue weighted by atomic mass is 9.83. The van der Waals surface area contributed by atoms with Gasteiger partial charge in [0.2, 0.25) is 0 Å². The summed E-state index contributed by atoms with van der Waals surface area (Å²) in [6.45, 7) is 0.770. The maximum atomic E-state index is 11.0. The molecule has 1 N–H and O–H groups in total. The Hall–Kier alpha value is -2.11. The van der Waals surface area contributed by atoms with Gasteiger partial charge in [-0.15, -0.1) is 0 Å². The smallest absolute Gasteiger partial charge is 0.102 e. The number of hydrogen-bond donors (Lipinski definition) is 1. The lowest BCUT2D eigenvalue weighted by molar-refractivity contribution is 0.0526. The summed E-state index contributed by atoms with van der Waals surface area (Å²) in [5.41, 5.74) is 4.29. The van der Waals surface area contributed by atoms with Crippen LogP contribution in [0.15, 0.2) is 43.0 Å². The van der Waals surface area contributed by atoms with Crippen molar-refractivity contribution in [1.29, 1.82) is 0 Å². The predicted molar refractivity (Wildman–Crippen MR) is 86.1 cm³/mol. The zero-order valence-electron chi connectivity index (χ0n) is 12.3. The van der Waals surface area contributed by atoms with Crippen LogP contribution in [0, 0.1) is 5.92 Å². The molecular formula is C17H15ClN4O. The van der Waals surface area contributed by atoms with Gasteiger partial charge in [-0.05, 0) is 12.0 Å². The summed E-state index contributed by atoms with van der Waals surface area (Å²) in [6.07, 6.45) is 5.59. The standard InChI is InChI=1S/C17H15ClN4O/c18-13-7-20-22-6-5-12(17(23)16(13)22)15-11-4-2-1-3-10(11)14-8-19-9-21(14)15/h1-4,7-9,12,15,17,23H,5-6H2/t12-,15-,17+/m1/s1. The normalized spacial score (nSPS) is 25.0. The van der Waals surface area contributed by atoms with Gasteiger partial charge in [-0.1, -0.05) is 35.9 Å². The van der Waals surface area contributed by atoms with E-state index in [2.05, 4.69) is 32.8 Å². The Morgan fingerprint density at radius 3 is 3.00 bits per heavy atom. The van der Waals surface area contributed by atoms with Crippen LogP contribution < -0.4 is 0 Å². The second-order valence-electron chi connectivity index (χ2n) is 6.22. The van der Waals surface area contributed by atoms with E-state index in [1.807, 2.05) is 23.3 Å². The van der Waals surface area contributed by atoms with Gasteiger partial charge >= 0.3 is 0 Å². The Labute approximate surface area is 138 Å². The van der Waals surface area contributed by atoms with E-state index in [0.717, 1.165) is 24.4 Å². The minimum atomic E-state index is -0.634. The van der Waals surface area contributed by atoms with E-state index in [0.29, 0.717) is 5.02 Å². The van der Waals surface area contributed by atoms with Crippen molar-refractivity contribution in [1.82, 2.24) is 19.3 Å². The summed E-state index contributed by atoms with van der Waals surface area (Å²) in [5, 5.41) is 15.8. The van der Waals surface area contributed by atoms with Crippen LogP contribution in [0.3, 0.4) is 0 Å². The molecule has 0 fully saturated rings. The van der Waals surface area contributed by atoms with Crippen LogP contribution >= 0.6 is 11.6 Å². The first-order valence-electron chi connectivity index (χ1n) is 7.76. The molecule has 2 aromatic heterocycles. The quantitative estimate of drug-likeness (QED) is 0.747. The largest absolute Gasteiger partial charge is 0.386 e. The first kappa shape index (κ1) is 13.3. The Balaban J connectivity index is 1.65. The molecule has 5 nitrogen and oxygen atoms in total. The average Bonchev–Trinajstić information content (AvgIpc) is 3.23. The van der Waals surface area contributed by atoms with Gasteiger partial charge in [0.1, 0.15) is 6.10 Å². The van der Waals surface area contributed by atoms with Crippen molar-refractivity contribution < 1.29 is 5.11 Å². The van der Waals surface area contributed by atoms with E-state index in [1.54, 1.807) is 6.20 Å². The zero-order chi connectivity index (χ0) is 15.6. The van der Waals surface area contributed by atoms with Crippen LogP contribution in [0.2, 0.25) is 5.02 Å². The summed E-state index contributed by atoms with van der Waals surface area (Å²) < 4.78 is 4.00. The average molecular weight is 327 g/mol. The monoisotopic (exact) mass is 326 g/mol. The molecule has 0 aliphatic carbocycles. The molecule has 1 aromatic carbocycles. The van der Waals surface area contributed by atoms with Gasteiger partial charge < -0.3 is 9.67 Å². The molecule has 0 spiro atoms. The van der Waals surface area contributed by atoms with Gasteiger partial charge in [0, 0.05) is 18.0 Å². The molecule has 0 saturated carbocycles. The van der Waals surface area contributed by atoms with Gasteiger partial charge in [0.05, 0.1) is 41.2 Å². The van der Waals surface area contributed by atoms with Gasteiger partial charge in [0.15, 0.2) is 0 Å². The highest BCUT2D eigenvalue weighted by Crippen LogP contribution is 2.49. The first-order chi connectivity index (χ1) is 11.3. The molecule has 0 bridgehead atoms.